The lowest BCUT2D eigenvalue weighted by Gasteiger charge is -2.16. The molecule has 0 fully saturated rings. The monoisotopic (exact) mass is 251 g/mol. The van der Waals surface area contributed by atoms with E-state index in [1.165, 1.54) is 0 Å². The second-order valence-corrected chi connectivity index (χ2v) is 4.14. The average Bonchev–Trinajstić information content (AvgIpc) is 2.28. The highest BCUT2D eigenvalue weighted by molar-refractivity contribution is 6.02. The molecule has 1 aromatic carbocycles. The van der Waals surface area contributed by atoms with Gasteiger partial charge in [-0.1, -0.05) is 0 Å². The van der Waals surface area contributed by atoms with Crippen LogP contribution in [0.3, 0.4) is 0 Å². The minimum Gasteiger partial charge on any atom is -0.496 e. The first-order valence-corrected chi connectivity index (χ1v) is 5.53. The minimum atomic E-state index is -1.15. The summed E-state index contributed by atoms with van der Waals surface area (Å²) in [6.45, 7) is 5.59. The molecule has 5 nitrogen and oxygen atoms in total. The van der Waals surface area contributed by atoms with Gasteiger partial charge in [0.1, 0.15) is 12.2 Å². The van der Waals surface area contributed by atoms with Gasteiger partial charge in [0.25, 0.3) is 0 Å². The van der Waals surface area contributed by atoms with Crippen LogP contribution in [0.1, 0.15) is 23.1 Å². The average molecular weight is 251 g/mol. The molecule has 2 N–H and O–H groups in total. The Kier molecular flexibility index (Phi) is 4.31. The molecule has 5 heteroatoms. The number of benzene rings is 1. The number of methoxy groups -OCH3 is 1. The quantitative estimate of drug-likeness (QED) is 0.803. The van der Waals surface area contributed by atoms with Gasteiger partial charge in [-0.15, -0.1) is 0 Å². The number of nitrogens with one attached hydrogen (secondary N) is 1. The number of carboxylic acids is 1. The first kappa shape index (κ1) is 14.0. The van der Waals surface area contributed by atoms with Crippen molar-refractivity contribution < 1.29 is 19.4 Å². The summed E-state index contributed by atoms with van der Waals surface area (Å²) >= 11 is 0. The molecule has 0 bridgehead atoms. The summed E-state index contributed by atoms with van der Waals surface area (Å²) in [5.41, 5.74) is 3.30. The van der Waals surface area contributed by atoms with E-state index in [1.807, 2.05) is 26.8 Å². The van der Waals surface area contributed by atoms with Gasteiger partial charge in [-0.3, -0.25) is 9.59 Å². The molecule has 0 radical (unpaired) electrons. The molecule has 0 aromatic heterocycles. The summed E-state index contributed by atoms with van der Waals surface area (Å²) in [6.07, 6.45) is -0.538. The number of anilines is 1. The van der Waals surface area contributed by atoms with Gasteiger partial charge in [-0.2, -0.15) is 0 Å². The van der Waals surface area contributed by atoms with Crippen molar-refractivity contribution in [3.05, 3.63) is 22.8 Å². The third-order valence-corrected chi connectivity index (χ3v) is 2.85. The Balaban J connectivity index is 3.07. The number of rotatable bonds is 4. The van der Waals surface area contributed by atoms with Crippen molar-refractivity contribution in [1.82, 2.24) is 0 Å². The van der Waals surface area contributed by atoms with Crippen molar-refractivity contribution >= 4 is 17.6 Å². The Morgan fingerprint density at radius 1 is 1.28 bits per heavy atom. The summed E-state index contributed by atoms with van der Waals surface area (Å²) in [6, 6.07) is 1.82. The molecule has 0 aliphatic carbocycles. The lowest BCUT2D eigenvalue weighted by molar-refractivity contribution is -0.139. The molecule has 98 valence electrons. The summed E-state index contributed by atoms with van der Waals surface area (Å²) in [7, 11) is 1.59. The van der Waals surface area contributed by atoms with Gasteiger partial charge in [0.15, 0.2) is 0 Å². The molecule has 0 unspecified atom stereocenters. The Morgan fingerprint density at radius 2 is 1.89 bits per heavy atom. The van der Waals surface area contributed by atoms with Crippen molar-refractivity contribution in [2.75, 3.05) is 12.4 Å². The zero-order chi connectivity index (χ0) is 13.9. The lowest BCUT2D eigenvalue weighted by atomic mass is 10.0. The zero-order valence-corrected chi connectivity index (χ0v) is 11.0. The molecule has 0 aliphatic rings. The lowest BCUT2D eigenvalue weighted by Crippen LogP contribution is -2.17. The maximum absolute atomic E-state index is 11.5. The summed E-state index contributed by atoms with van der Waals surface area (Å²) in [5, 5.41) is 11.2. The maximum atomic E-state index is 11.5. The van der Waals surface area contributed by atoms with Crippen molar-refractivity contribution in [2.24, 2.45) is 0 Å². The molecule has 0 aliphatic heterocycles. The number of hydrogen-bond acceptors (Lipinski definition) is 3. The summed E-state index contributed by atoms with van der Waals surface area (Å²) < 4.78 is 5.22. The molecular formula is C13H17NO4. The number of aliphatic carboxylic acids is 1. The Labute approximate surface area is 106 Å². The third-order valence-electron chi connectivity index (χ3n) is 2.85. The number of hydrogen-bond donors (Lipinski definition) is 2. The maximum Gasteiger partial charge on any atom is 0.312 e. The van der Waals surface area contributed by atoms with Crippen LogP contribution in [-0.4, -0.2) is 24.1 Å². The van der Waals surface area contributed by atoms with Crippen LogP contribution in [-0.2, 0) is 9.59 Å². The number of aryl methyl sites for hydroxylation is 1. The smallest absolute Gasteiger partial charge is 0.312 e. The van der Waals surface area contributed by atoms with Crippen LogP contribution in [0.25, 0.3) is 0 Å². The molecule has 0 spiro atoms. The van der Waals surface area contributed by atoms with Crippen molar-refractivity contribution in [2.45, 2.75) is 27.2 Å². The van der Waals surface area contributed by atoms with Crippen LogP contribution < -0.4 is 10.1 Å². The minimum absolute atomic E-state index is 0.529. The van der Waals surface area contributed by atoms with Gasteiger partial charge in [-0.25, -0.2) is 0 Å². The number of ether oxygens (including phenoxy) is 1. The van der Waals surface area contributed by atoms with Crippen LogP contribution in [0.15, 0.2) is 6.07 Å². The fraction of sp³-hybridized carbons (Fsp3) is 0.385. The van der Waals surface area contributed by atoms with Gasteiger partial charge in [0.05, 0.1) is 7.11 Å². The molecule has 1 aromatic rings. The number of carboxylic acid groups (broad SMARTS) is 1. The van der Waals surface area contributed by atoms with Gasteiger partial charge < -0.3 is 15.2 Å². The highest BCUT2D eigenvalue weighted by Crippen LogP contribution is 2.31. The zero-order valence-electron chi connectivity index (χ0n) is 11.0. The molecule has 0 heterocycles. The number of carbonyl (C=O) groups excluding carboxylic acids is 1. The van der Waals surface area contributed by atoms with Gasteiger partial charge in [0, 0.05) is 5.69 Å². The van der Waals surface area contributed by atoms with Gasteiger partial charge in [-0.05, 0) is 43.5 Å². The van der Waals surface area contributed by atoms with E-state index in [0.29, 0.717) is 5.69 Å². The van der Waals surface area contributed by atoms with E-state index in [0.717, 1.165) is 22.4 Å². The van der Waals surface area contributed by atoms with E-state index in [1.54, 1.807) is 7.11 Å². The Bertz CT molecular complexity index is 494. The summed E-state index contributed by atoms with van der Waals surface area (Å²) in [4.78, 5) is 21.9. The molecule has 0 atom stereocenters. The first-order valence-electron chi connectivity index (χ1n) is 5.53. The Hall–Kier alpha value is -2.04. The van der Waals surface area contributed by atoms with E-state index in [-0.39, 0.29) is 0 Å². The molecule has 0 saturated heterocycles. The van der Waals surface area contributed by atoms with E-state index < -0.39 is 18.3 Å². The van der Waals surface area contributed by atoms with Gasteiger partial charge >= 0.3 is 5.97 Å². The molecule has 18 heavy (non-hydrogen) atoms. The number of amides is 1. The predicted octanol–water partition coefficient (Wildman–Crippen LogP) is 2.03. The van der Waals surface area contributed by atoms with Crippen LogP contribution in [0.2, 0.25) is 0 Å². The van der Waals surface area contributed by atoms with Crippen LogP contribution in [0.4, 0.5) is 5.69 Å². The van der Waals surface area contributed by atoms with Gasteiger partial charge in [0.2, 0.25) is 5.91 Å². The van der Waals surface area contributed by atoms with E-state index in [4.69, 9.17) is 9.84 Å². The largest absolute Gasteiger partial charge is 0.496 e. The van der Waals surface area contributed by atoms with Crippen molar-refractivity contribution in [3.63, 3.8) is 0 Å². The van der Waals surface area contributed by atoms with Crippen LogP contribution in [0, 0.1) is 20.8 Å². The second-order valence-electron chi connectivity index (χ2n) is 4.14. The fourth-order valence-corrected chi connectivity index (χ4v) is 1.77. The van der Waals surface area contributed by atoms with Crippen LogP contribution in [0.5, 0.6) is 5.75 Å². The molecule has 1 rings (SSSR count). The second kappa shape index (κ2) is 5.53. The molecule has 0 saturated carbocycles. The normalized spacial score (nSPS) is 10.0. The predicted molar refractivity (Wildman–Crippen MR) is 68.1 cm³/mol. The highest BCUT2D eigenvalue weighted by atomic mass is 16.5. The number of carbonyl (C=O) groups is 2. The van der Waals surface area contributed by atoms with E-state index in [2.05, 4.69) is 5.32 Å². The van der Waals surface area contributed by atoms with Crippen LogP contribution >= 0.6 is 0 Å². The topological polar surface area (TPSA) is 75.6 Å². The SMILES string of the molecule is COc1cc(C)c(NC(=O)CC(=O)O)c(C)c1C. The molecular weight excluding hydrogens is 234 g/mol. The van der Waals surface area contributed by atoms with Crippen molar-refractivity contribution in [1.29, 1.82) is 0 Å². The van der Waals surface area contributed by atoms with E-state index >= 15 is 0 Å². The van der Waals surface area contributed by atoms with Crippen molar-refractivity contribution in [3.8, 4) is 5.75 Å². The standard InChI is InChI=1S/C13H17NO4/c1-7-5-10(18-4)8(2)9(3)13(7)14-11(15)6-12(16)17/h5H,6H2,1-4H3,(H,14,15)(H,16,17). The first-order chi connectivity index (χ1) is 8.36. The molecule has 1 amide bonds. The van der Waals surface area contributed by atoms with E-state index in [9.17, 15) is 9.59 Å². The Morgan fingerprint density at radius 3 is 2.39 bits per heavy atom. The third kappa shape index (κ3) is 3.00. The summed E-state index contributed by atoms with van der Waals surface area (Å²) in [5.74, 6) is -0.924. The fourth-order valence-electron chi connectivity index (χ4n) is 1.77. The highest BCUT2D eigenvalue weighted by Gasteiger charge is 2.14.